The Morgan fingerprint density at radius 2 is 1.92 bits per heavy atom. The van der Waals surface area contributed by atoms with Crippen molar-refractivity contribution in [2.24, 2.45) is 0 Å². The molecule has 0 saturated carbocycles. The van der Waals surface area contributed by atoms with Gasteiger partial charge in [-0.3, -0.25) is 0 Å². The Labute approximate surface area is 80.2 Å². The van der Waals surface area contributed by atoms with Crippen molar-refractivity contribution in [3.63, 3.8) is 0 Å². The minimum absolute atomic E-state index is 0.0967. The fourth-order valence-electron chi connectivity index (χ4n) is 2.02. The summed E-state index contributed by atoms with van der Waals surface area (Å²) in [4.78, 5) is 0. The molecule has 0 N–H and O–H groups in total. The average Bonchev–Trinajstić information content (AvgIpc) is 2.20. The van der Waals surface area contributed by atoms with E-state index in [2.05, 4.69) is 37.3 Å². The Hall–Kier alpha value is -0.820. The van der Waals surface area contributed by atoms with Crippen LogP contribution in [0.2, 0.25) is 0 Å². The minimum atomic E-state index is 0.0967. The molecule has 1 heteroatoms. The first kappa shape index (κ1) is 8.76. The Bertz CT molecular complexity index is 260. The van der Waals surface area contributed by atoms with Crippen LogP contribution in [-0.2, 0) is 5.54 Å². The normalized spacial score (nSPS) is 28.7. The van der Waals surface area contributed by atoms with Crippen LogP contribution in [0.1, 0.15) is 31.7 Å². The summed E-state index contributed by atoms with van der Waals surface area (Å²) in [7, 11) is 0. The van der Waals surface area contributed by atoms with E-state index < -0.39 is 0 Å². The molecule has 2 rings (SSSR count). The number of hydrogen-bond donors (Lipinski definition) is 0. The Morgan fingerprint density at radius 1 is 1.15 bits per heavy atom. The van der Waals surface area contributed by atoms with Crippen molar-refractivity contribution in [3.8, 4) is 0 Å². The van der Waals surface area contributed by atoms with Gasteiger partial charge < -0.3 is 0 Å². The highest BCUT2D eigenvalue weighted by Crippen LogP contribution is 2.30. The second kappa shape index (κ2) is 3.51. The zero-order chi connectivity index (χ0) is 9.15. The van der Waals surface area contributed by atoms with Crippen LogP contribution in [0.3, 0.4) is 0 Å². The molecule has 1 aromatic rings. The van der Waals surface area contributed by atoms with Gasteiger partial charge in [-0.2, -0.15) is 0 Å². The third-order valence-electron chi connectivity index (χ3n) is 2.93. The summed E-state index contributed by atoms with van der Waals surface area (Å²) in [5.41, 5.74) is 1.47. The maximum atomic E-state index is 4.73. The lowest BCUT2D eigenvalue weighted by molar-refractivity contribution is 0.275. The number of rotatable bonds is 1. The fourth-order valence-corrected chi connectivity index (χ4v) is 2.02. The quantitative estimate of drug-likeness (QED) is 0.621. The van der Waals surface area contributed by atoms with Crippen LogP contribution < -0.4 is 5.32 Å². The summed E-state index contributed by atoms with van der Waals surface area (Å²) < 4.78 is 0. The van der Waals surface area contributed by atoms with E-state index in [1.165, 1.54) is 24.8 Å². The maximum Gasteiger partial charge on any atom is 0.0577 e. The lowest BCUT2D eigenvalue weighted by atomic mass is 9.84. The van der Waals surface area contributed by atoms with Crippen LogP contribution in [0.4, 0.5) is 0 Å². The monoisotopic (exact) mass is 174 g/mol. The van der Waals surface area contributed by atoms with Gasteiger partial charge in [0, 0.05) is 6.54 Å². The molecular weight excluding hydrogens is 158 g/mol. The predicted octanol–water partition coefficient (Wildman–Crippen LogP) is 2.69. The van der Waals surface area contributed by atoms with E-state index in [4.69, 9.17) is 5.32 Å². The first-order valence-electron chi connectivity index (χ1n) is 5.05. The maximum absolute atomic E-state index is 4.73. The molecule has 1 unspecified atom stereocenters. The van der Waals surface area contributed by atoms with E-state index >= 15 is 0 Å². The highest BCUT2D eigenvalue weighted by molar-refractivity contribution is 5.23. The van der Waals surface area contributed by atoms with E-state index in [9.17, 15) is 0 Å². The van der Waals surface area contributed by atoms with Gasteiger partial charge in [0.05, 0.1) is 5.54 Å². The second-order valence-electron chi connectivity index (χ2n) is 3.98. The van der Waals surface area contributed by atoms with Gasteiger partial charge in [-0.1, -0.05) is 30.3 Å². The first-order valence-corrected chi connectivity index (χ1v) is 5.05. The minimum Gasteiger partial charge on any atom is -0.231 e. The summed E-state index contributed by atoms with van der Waals surface area (Å²) >= 11 is 0. The van der Waals surface area contributed by atoms with Crippen LogP contribution in [0.25, 0.3) is 0 Å². The highest BCUT2D eigenvalue weighted by atomic mass is 15.0. The van der Waals surface area contributed by atoms with Gasteiger partial charge >= 0.3 is 0 Å². The first-order chi connectivity index (χ1) is 6.31. The van der Waals surface area contributed by atoms with Crippen molar-refractivity contribution in [1.29, 1.82) is 0 Å². The van der Waals surface area contributed by atoms with Crippen molar-refractivity contribution in [3.05, 3.63) is 35.9 Å². The largest absolute Gasteiger partial charge is 0.231 e. The summed E-state index contributed by atoms with van der Waals surface area (Å²) in [5.74, 6) is 0. The Morgan fingerprint density at radius 3 is 2.54 bits per heavy atom. The molecule has 1 fully saturated rings. The van der Waals surface area contributed by atoms with Gasteiger partial charge in [0.25, 0.3) is 0 Å². The predicted molar refractivity (Wildman–Crippen MR) is 54.6 cm³/mol. The molecule has 1 saturated heterocycles. The van der Waals surface area contributed by atoms with Crippen molar-refractivity contribution in [2.75, 3.05) is 6.54 Å². The van der Waals surface area contributed by atoms with Crippen LogP contribution >= 0.6 is 0 Å². The van der Waals surface area contributed by atoms with Crippen LogP contribution in [-0.4, -0.2) is 6.54 Å². The lowest BCUT2D eigenvalue weighted by Crippen LogP contribution is -2.37. The van der Waals surface area contributed by atoms with Crippen molar-refractivity contribution in [2.45, 2.75) is 31.7 Å². The van der Waals surface area contributed by atoms with Crippen molar-refractivity contribution >= 4 is 0 Å². The molecule has 0 spiro atoms. The molecule has 0 amide bonds. The Balaban J connectivity index is 2.23. The standard InChI is InChI=1S/C12H16N/c1-12(9-5-6-10-13-12)11-7-3-2-4-8-11/h2-4,7-8H,5-6,9-10H2,1H3. The van der Waals surface area contributed by atoms with Crippen LogP contribution in [0.5, 0.6) is 0 Å². The second-order valence-corrected chi connectivity index (χ2v) is 3.98. The zero-order valence-corrected chi connectivity index (χ0v) is 8.16. The van der Waals surface area contributed by atoms with Gasteiger partial charge in [0.2, 0.25) is 0 Å². The molecule has 1 heterocycles. The molecule has 0 aromatic heterocycles. The third kappa shape index (κ3) is 1.75. The lowest BCUT2D eigenvalue weighted by Gasteiger charge is -2.33. The molecule has 1 aliphatic heterocycles. The SMILES string of the molecule is CC1(c2ccccc2)CCCC[N]1. The third-order valence-corrected chi connectivity index (χ3v) is 2.93. The number of benzene rings is 1. The van der Waals surface area contributed by atoms with E-state index in [0.29, 0.717) is 0 Å². The molecule has 0 bridgehead atoms. The highest BCUT2D eigenvalue weighted by Gasteiger charge is 2.28. The van der Waals surface area contributed by atoms with Gasteiger partial charge in [-0.05, 0) is 31.7 Å². The van der Waals surface area contributed by atoms with Gasteiger partial charge in [0.1, 0.15) is 0 Å². The molecule has 1 nitrogen and oxygen atoms in total. The molecule has 0 aliphatic carbocycles. The molecule has 1 aliphatic rings. The van der Waals surface area contributed by atoms with E-state index in [1.54, 1.807) is 0 Å². The number of piperidine rings is 1. The molecule has 13 heavy (non-hydrogen) atoms. The van der Waals surface area contributed by atoms with Gasteiger partial charge in [-0.15, -0.1) is 0 Å². The molecule has 1 aromatic carbocycles. The Kier molecular flexibility index (Phi) is 2.36. The molecule has 69 valence electrons. The smallest absolute Gasteiger partial charge is 0.0577 e. The van der Waals surface area contributed by atoms with Crippen molar-refractivity contribution < 1.29 is 0 Å². The molecule has 1 radical (unpaired) electrons. The van der Waals surface area contributed by atoms with Gasteiger partial charge in [-0.25, -0.2) is 5.32 Å². The van der Waals surface area contributed by atoms with Crippen LogP contribution in [0, 0.1) is 0 Å². The zero-order valence-electron chi connectivity index (χ0n) is 8.16. The van der Waals surface area contributed by atoms with E-state index in [0.717, 1.165) is 6.54 Å². The number of nitrogens with zero attached hydrogens (tertiary/aromatic N) is 1. The molecule has 1 atom stereocenters. The summed E-state index contributed by atoms with van der Waals surface area (Å²) in [6.45, 7) is 3.28. The fraction of sp³-hybridized carbons (Fsp3) is 0.500. The summed E-state index contributed by atoms with van der Waals surface area (Å²) in [6.07, 6.45) is 3.79. The van der Waals surface area contributed by atoms with E-state index in [1.807, 2.05) is 0 Å². The number of hydrogen-bond acceptors (Lipinski definition) is 0. The molecular formula is C12H16N. The average molecular weight is 174 g/mol. The topological polar surface area (TPSA) is 14.1 Å². The van der Waals surface area contributed by atoms with E-state index in [-0.39, 0.29) is 5.54 Å². The summed E-state index contributed by atoms with van der Waals surface area (Å²) in [6, 6.07) is 10.6. The summed E-state index contributed by atoms with van der Waals surface area (Å²) in [5, 5.41) is 4.73. The van der Waals surface area contributed by atoms with Crippen LogP contribution in [0.15, 0.2) is 30.3 Å². The van der Waals surface area contributed by atoms with Crippen molar-refractivity contribution in [1.82, 2.24) is 5.32 Å². The van der Waals surface area contributed by atoms with Gasteiger partial charge in [0.15, 0.2) is 0 Å².